The lowest BCUT2D eigenvalue weighted by molar-refractivity contribution is -0.0272. The molecule has 3 rings (SSSR count). The quantitative estimate of drug-likeness (QED) is 0.775. The van der Waals surface area contributed by atoms with E-state index in [1.807, 2.05) is 6.20 Å². The normalized spacial score (nSPS) is 28.8. The average Bonchev–Trinajstić information content (AvgIpc) is 3.23. The first-order valence-corrected chi connectivity index (χ1v) is 8.05. The number of ether oxygens (including phenoxy) is 1. The third kappa shape index (κ3) is 3.25. The molecule has 0 aliphatic carbocycles. The Hall–Kier alpha value is -1.60. The average molecular weight is 308 g/mol. The minimum atomic E-state index is -0.0759. The molecule has 2 saturated heterocycles. The van der Waals surface area contributed by atoms with Crippen LogP contribution in [0.2, 0.25) is 0 Å². The molecule has 7 heteroatoms. The number of hydrogen-bond acceptors (Lipinski definition) is 4. The van der Waals surface area contributed by atoms with Crippen molar-refractivity contribution in [2.75, 3.05) is 26.3 Å². The Morgan fingerprint density at radius 1 is 1.50 bits per heavy atom. The van der Waals surface area contributed by atoms with Crippen LogP contribution in [0.1, 0.15) is 37.4 Å². The predicted octanol–water partition coefficient (Wildman–Crippen LogP) is 1.04. The highest BCUT2D eigenvalue weighted by molar-refractivity contribution is 5.74. The number of nitrogens with one attached hydrogen (secondary N) is 2. The summed E-state index contributed by atoms with van der Waals surface area (Å²) in [4.78, 5) is 14.0. The fourth-order valence-corrected chi connectivity index (χ4v) is 3.45. The number of aliphatic hydroxyl groups excluding tert-OH is 1. The van der Waals surface area contributed by atoms with Crippen molar-refractivity contribution >= 4 is 6.03 Å². The summed E-state index contributed by atoms with van der Waals surface area (Å²) in [6.07, 6.45) is 7.51. The first-order valence-electron chi connectivity index (χ1n) is 8.05. The molecule has 0 bridgehead atoms. The van der Waals surface area contributed by atoms with Gasteiger partial charge in [0.05, 0.1) is 24.9 Å². The van der Waals surface area contributed by atoms with Crippen molar-refractivity contribution < 1.29 is 14.6 Å². The molecule has 0 saturated carbocycles. The van der Waals surface area contributed by atoms with E-state index >= 15 is 0 Å². The van der Waals surface area contributed by atoms with E-state index in [2.05, 4.69) is 15.5 Å². The molecule has 0 unspecified atom stereocenters. The van der Waals surface area contributed by atoms with Gasteiger partial charge in [-0.15, -0.1) is 0 Å². The largest absolute Gasteiger partial charge is 0.394 e. The Morgan fingerprint density at radius 3 is 3.18 bits per heavy atom. The van der Waals surface area contributed by atoms with Gasteiger partial charge in [-0.3, -0.25) is 5.10 Å². The molecule has 2 aliphatic rings. The van der Waals surface area contributed by atoms with Gasteiger partial charge in [-0.05, 0) is 25.7 Å². The second-order valence-electron chi connectivity index (χ2n) is 6.08. The number of nitrogens with zero attached hydrogens (tertiary/aromatic N) is 2. The summed E-state index contributed by atoms with van der Waals surface area (Å²) in [5.74, 6) is 0.255. The zero-order chi connectivity index (χ0) is 15.4. The summed E-state index contributed by atoms with van der Waals surface area (Å²) in [5, 5.41) is 19.1. The highest BCUT2D eigenvalue weighted by Gasteiger charge is 2.31. The summed E-state index contributed by atoms with van der Waals surface area (Å²) < 4.78 is 5.87. The molecule has 2 fully saturated rings. The first kappa shape index (κ1) is 15.3. The van der Waals surface area contributed by atoms with Crippen LogP contribution in [0.5, 0.6) is 0 Å². The number of likely N-dealkylation sites (tertiary alicyclic amines) is 1. The van der Waals surface area contributed by atoms with E-state index in [-0.39, 0.29) is 30.7 Å². The molecule has 3 atom stereocenters. The number of rotatable bonds is 4. The Kier molecular flexibility index (Phi) is 4.94. The van der Waals surface area contributed by atoms with E-state index in [1.54, 1.807) is 11.1 Å². The standard InChI is InChI=1S/C15H24N4O3/c20-10-13-4-1-5-19(13)15(21)16-7-11-3-2-6-22-14(11)12-8-17-18-9-12/h8-9,11,13-14,20H,1-7,10H2,(H,16,21)(H,17,18)/t11-,13+,14+/m0/s1. The van der Waals surface area contributed by atoms with Crippen molar-refractivity contribution in [3.8, 4) is 0 Å². The molecule has 3 N–H and O–H groups in total. The van der Waals surface area contributed by atoms with Gasteiger partial charge in [0.15, 0.2) is 0 Å². The molecule has 7 nitrogen and oxygen atoms in total. The maximum atomic E-state index is 12.3. The van der Waals surface area contributed by atoms with Crippen LogP contribution in [0.4, 0.5) is 4.79 Å². The highest BCUT2D eigenvalue weighted by Crippen LogP contribution is 2.32. The molecule has 2 aliphatic heterocycles. The highest BCUT2D eigenvalue weighted by atomic mass is 16.5. The lowest BCUT2D eigenvalue weighted by Gasteiger charge is -2.32. The fraction of sp³-hybridized carbons (Fsp3) is 0.733. The molecule has 3 heterocycles. The Labute approximate surface area is 130 Å². The maximum absolute atomic E-state index is 12.3. The zero-order valence-electron chi connectivity index (χ0n) is 12.7. The van der Waals surface area contributed by atoms with Crippen LogP contribution < -0.4 is 5.32 Å². The molecule has 122 valence electrons. The molecule has 0 spiro atoms. The predicted molar refractivity (Wildman–Crippen MR) is 80.2 cm³/mol. The van der Waals surface area contributed by atoms with Crippen LogP contribution in [-0.2, 0) is 4.74 Å². The molecule has 0 aromatic carbocycles. The van der Waals surface area contributed by atoms with Crippen LogP contribution in [-0.4, -0.2) is 58.6 Å². The Morgan fingerprint density at radius 2 is 2.41 bits per heavy atom. The van der Waals surface area contributed by atoms with Gasteiger partial charge in [0.1, 0.15) is 0 Å². The second-order valence-corrected chi connectivity index (χ2v) is 6.08. The Bertz CT molecular complexity index is 479. The maximum Gasteiger partial charge on any atom is 0.317 e. The molecule has 2 amide bonds. The fourth-order valence-electron chi connectivity index (χ4n) is 3.45. The van der Waals surface area contributed by atoms with Crippen molar-refractivity contribution in [1.29, 1.82) is 0 Å². The van der Waals surface area contributed by atoms with Gasteiger partial charge in [-0.25, -0.2) is 4.79 Å². The molecular formula is C15H24N4O3. The lowest BCUT2D eigenvalue weighted by atomic mass is 9.91. The number of aromatic amines is 1. The summed E-state index contributed by atoms with van der Waals surface area (Å²) in [6.45, 7) is 2.10. The summed E-state index contributed by atoms with van der Waals surface area (Å²) in [5.41, 5.74) is 1.04. The Balaban J connectivity index is 1.56. The smallest absolute Gasteiger partial charge is 0.317 e. The number of carbonyl (C=O) groups excluding carboxylic acids is 1. The van der Waals surface area contributed by atoms with Crippen LogP contribution in [0.25, 0.3) is 0 Å². The summed E-state index contributed by atoms with van der Waals surface area (Å²) in [7, 11) is 0. The lowest BCUT2D eigenvalue weighted by Crippen LogP contribution is -2.46. The van der Waals surface area contributed by atoms with E-state index in [0.29, 0.717) is 6.54 Å². The number of H-pyrrole nitrogens is 1. The van der Waals surface area contributed by atoms with Crippen molar-refractivity contribution in [1.82, 2.24) is 20.4 Å². The number of amides is 2. The van der Waals surface area contributed by atoms with Crippen molar-refractivity contribution in [3.05, 3.63) is 18.0 Å². The van der Waals surface area contributed by atoms with Gasteiger partial charge in [-0.2, -0.15) is 5.10 Å². The van der Waals surface area contributed by atoms with E-state index in [0.717, 1.165) is 44.4 Å². The third-order valence-electron chi connectivity index (χ3n) is 4.66. The van der Waals surface area contributed by atoms with E-state index in [4.69, 9.17) is 4.74 Å². The van der Waals surface area contributed by atoms with Crippen LogP contribution in [0.3, 0.4) is 0 Å². The molecule has 0 radical (unpaired) electrons. The number of urea groups is 1. The monoisotopic (exact) mass is 308 g/mol. The van der Waals surface area contributed by atoms with Crippen molar-refractivity contribution in [2.24, 2.45) is 5.92 Å². The zero-order valence-corrected chi connectivity index (χ0v) is 12.7. The van der Waals surface area contributed by atoms with E-state index < -0.39 is 0 Å². The van der Waals surface area contributed by atoms with Gasteiger partial charge in [0.25, 0.3) is 0 Å². The van der Waals surface area contributed by atoms with Gasteiger partial charge in [-0.1, -0.05) is 0 Å². The van der Waals surface area contributed by atoms with Gasteiger partial charge < -0.3 is 20.1 Å². The van der Waals surface area contributed by atoms with E-state index in [1.165, 1.54) is 0 Å². The topological polar surface area (TPSA) is 90.5 Å². The second kappa shape index (κ2) is 7.11. The molecule has 1 aromatic rings. The van der Waals surface area contributed by atoms with Gasteiger partial charge in [0, 0.05) is 37.4 Å². The number of aliphatic hydroxyl groups is 1. The molecular weight excluding hydrogens is 284 g/mol. The van der Waals surface area contributed by atoms with Gasteiger partial charge >= 0.3 is 6.03 Å². The third-order valence-corrected chi connectivity index (χ3v) is 4.66. The SMILES string of the molecule is O=C(NC[C@@H]1CCCO[C@H]1c1cn[nH]c1)N1CCC[C@@H]1CO. The summed E-state index contributed by atoms with van der Waals surface area (Å²) in [6, 6.07) is -0.111. The van der Waals surface area contributed by atoms with Crippen LogP contribution >= 0.6 is 0 Å². The number of hydrogen-bond donors (Lipinski definition) is 3. The minimum Gasteiger partial charge on any atom is -0.394 e. The number of carbonyl (C=O) groups is 1. The van der Waals surface area contributed by atoms with Crippen molar-refractivity contribution in [2.45, 2.75) is 37.8 Å². The summed E-state index contributed by atoms with van der Waals surface area (Å²) >= 11 is 0. The first-order chi connectivity index (χ1) is 10.8. The van der Waals surface area contributed by atoms with Crippen LogP contribution in [0.15, 0.2) is 12.4 Å². The number of aromatic nitrogens is 2. The van der Waals surface area contributed by atoms with E-state index in [9.17, 15) is 9.90 Å². The molecule has 22 heavy (non-hydrogen) atoms. The van der Waals surface area contributed by atoms with Crippen LogP contribution in [0, 0.1) is 5.92 Å². The molecule has 1 aromatic heterocycles. The van der Waals surface area contributed by atoms with Crippen molar-refractivity contribution in [3.63, 3.8) is 0 Å². The van der Waals surface area contributed by atoms with Gasteiger partial charge in [0.2, 0.25) is 0 Å². The minimum absolute atomic E-state index is 0.0139.